The molecule has 4 rings (SSSR count). The molecule has 2 heterocycles. The molecule has 24 heavy (non-hydrogen) atoms. The normalized spacial score (nSPS) is 31.2. The molecule has 2 fully saturated rings. The van der Waals surface area contributed by atoms with Gasteiger partial charge in [-0.05, 0) is 32.6 Å². The summed E-state index contributed by atoms with van der Waals surface area (Å²) < 4.78 is 13.3. The highest BCUT2D eigenvalue weighted by Gasteiger charge is 2.56. The lowest BCUT2D eigenvalue weighted by molar-refractivity contribution is -0.133. The lowest BCUT2D eigenvalue weighted by atomic mass is 9.60. The second-order valence-corrected chi connectivity index (χ2v) is 7.63. The second-order valence-electron chi connectivity index (χ2n) is 7.63. The number of aromatic nitrogens is 3. The number of fused-ring (bicyclic) bond motifs is 1. The number of methoxy groups -OCH3 is 1. The Kier molecular flexibility index (Phi) is 4.62. The number of hydrogen-bond donors (Lipinski definition) is 1. The molecule has 3 aliphatic rings. The fourth-order valence-corrected chi connectivity index (χ4v) is 5.09. The molecule has 0 bridgehead atoms. The molecule has 0 aromatic carbocycles. The van der Waals surface area contributed by atoms with Gasteiger partial charge in [0.1, 0.15) is 12.4 Å². The van der Waals surface area contributed by atoms with E-state index in [0.717, 1.165) is 37.6 Å². The Balaban J connectivity index is 1.39. The minimum Gasteiger partial charge on any atom is -0.378 e. The molecular formula is C18H30N4O2. The zero-order valence-corrected chi connectivity index (χ0v) is 15.0. The van der Waals surface area contributed by atoms with Gasteiger partial charge in [0.05, 0.1) is 12.6 Å². The quantitative estimate of drug-likeness (QED) is 0.863. The van der Waals surface area contributed by atoms with Crippen molar-refractivity contribution in [2.45, 2.75) is 83.2 Å². The fourth-order valence-electron chi connectivity index (χ4n) is 5.09. The zero-order chi connectivity index (χ0) is 16.6. The SMILES string of the molecule is CCOC1CC(NC2CCc3nc(COC)nn3C2)C12CCCC2. The third-order valence-electron chi connectivity index (χ3n) is 6.30. The Labute approximate surface area is 144 Å². The summed E-state index contributed by atoms with van der Waals surface area (Å²) in [6, 6.07) is 1.12. The van der Waals surface area contributed by atoms with E-state index in [-0.39, 0.29) is 0 Å². The van der Waals surface area contributed by atoms with Crippen molar-refractivity contribution in [1.29, 1.82) is 0 Å². The third kappa shape index (κ3) is 2.78. The largest absolute Gasteiger partial charge is 0.378 e. The molecule has 1 spiro atoms. The van der Waals surface area contributed by atoms with Crippen molar-refractivity contribution in [2.24, 2.45) is 5.41 Å². The van der Waals surface area contributed by atoms with Gasteiger partial charge >= 0.3 is 0 Å². The van der Waals surface area contributed by atoms with Crippen LogP contribution in [0.1, 0.15) is 57.1 Å². The number of hydrogen-bond acceptors (Lipinski definition) is 5. The predicted octanol–water partition coefficient (Wildman–Crippen LogP) is 2.07. The summed E-state index contributed by atoms with van der Waals surface area (Å²) in [4.78, 5) is 4.57. The van der Waals surface area contributed by atoms with Crippen LogP contribution < -0.4 is 5.32 Å². The summed E-state index contributed by atoms with van der Waals surface area (Å²) in [6.45, 7) is 4.39. The highest BCUT2D eigenvalue weighted by molar-refractivity contribution is 5.11. The topological polar surface area (TPSA) is 61.2 Å². The Morgan fingerprint density at radius 2 is 2.17 bits per heavy atom. The highest BCUT2D eigenvalue weighted by Crippen LogP contribution is 2.54. The summed E-state index contributed by atoms with van der Waals surface area (Å²) in [5, 5.41) is 8.55. The number of aryl methyl sites for hydroxylation is 1. The molecule has 0 radical (unpaired) electrons. The summed E-state index contributed by atoms with van der Waals surface area (Å²) >= 11 is 0. The molecule has 6 nitrogen and oxygen atoms in total. The Morgan fingerprint density at radius 3 is 2.92 bits per heavy atom. The van der Waals surface area contributed by atoms with Crippen LogP contribution in [0.2, 0.25) is 0 Å². The minimum absolute atomic E-state index is 0.403. The molecule has 0 saturated heterocycles. The molecule has 1 aromatic rings. The molecular weight excluding hydrogens is 304 g/mol. The molecule has 2 saturated carbocycles. The number of rotatable bonds is 6. The average Bonchev–Trinajstić information content (AvgIpc) is 3.22. The van der Waals surface area contributed by atoms with Crippen LogP contribution in [-0.4, -0.2) is 46.7 Å². The van der Waals surface area contributed by atoms with Crippen molar-refractivity contribution in [3.63, 3.8) is 0 Å². The first-order chi connectivity index (χ1) is 11.7. The first kappa shape index (κ1) is 16.5. The van der Waals surface area contributed by atoms with Gasteiger partial charge in [-0.25, -0.2) is 9.67 Å². The van der Waals surface area contributed by atoms with Crippen LogP contribution in [0.3, 0.4) is 0 Å². The molecule has 0 amide bonds. The zero-order valence-electron chi connectivity index (χ0n) is 15.0. The van der Waals surface area contributed by atoms with E-state index in [1.165, 1.54) is 32.1 Å². The standard InChI is InChI=1S/C18H30N4O2/c1-3-24-15-10-14(18(15)8-4-5-9-18)19-13-6-7-17-20-16(12-23-2)21-22(17)11-13/h13-15,19H,3-12H2,1-2H3. The van der Waals surface area contributed by atoms with Crippen LogP contribution in [0.25, 0.3) is 0 Å². The molecule has 3 atom stereocenters. The number of ether oxygens (including phenoxy) is 2. The number of nitrogens with zero attached hydrogens (tertiary/aromatic N) is 3. The Morgan fingerprint density at radius 1 is 1.33 bits per heavy atom. The van der Waals surface area contributed by atoms with Crippen molar-refractivity contribution in [2.75, 3.05) is 13.7 Å². The van der Waals surface area contributed by atoms with Gasteiger partial charge in [0.2, 0.25) is 0 Å². The fraction of sp³-hybridized carbons (Fsp3) is 0.889. The van der Waals surface area contributed by atoms with Crippen LogP contribution in [0.4, 0.5) is 0 Å². The maximum atomic E-state index is 6.04. The molecule has 1 aliphatic heterocycles. The molecule has 3 unspecified atom stereocenters. The molecule has 1 aromatic heterocycles. The predicted molar refractivity (Wildman–Crippen MR) is 90.7 cm³/mol. The first-order valence-corrected chi connectivity index (χ1v) is 9.54. The van der Waals surface area contributed by atoms with E-state index in [9.17, 15) is 0 Å². The second kappa shape index (κ2) is 6.73. The lowest BCUT2D eigenvalue weighted by Crippen LogP contribution is -2.65. The molecule has 6 heteroatoms. The van der Waals surface area contributed by atoms with Crippen molar-refractivity contribution in [1.82, 2.24) is 20.1 Å². The van der Waals surface area contributed by atoms with Gasteiger partial charge in [-0.3, -0.25) is 0 Å². The average molecular weight is 334 g/mol. The smallest absolute Gasteiger partial charge is 0.176 e. The van der Waals surface area contributed by atoms with E-state index in [1.54, 1.807) is 7.11 Å². The van der Waals surface area contributed by atoms with E-state index in [1.807, 2.05) is 0 Å². The van der Waals surface area contributed by atoms with Crippen molar-refractivity contribution in [3.8, 4) is 0 Å². The summed E-state index contributed by atoms with van der Waals surface area (Å²) in [6.07, 6.45) is 9.17. The van der Waals surface area contributed by atoms with Crippen LogP contribution >= 0.6 is 0 Å². The summed E-state index contributed by atoms with van der Waals surface area (Å²) in [7, 11) is 1.69. The van der Waals surface area contributed by atoms with Gasteiger partial charge in [-0.2, -0.15) is 5.10 Å². The highest BCUT2D eigenvalue weighted by atomic mass is 16.5. The maximum Gasteiger partial charge on any atom is 0.176 e. The van der Waals surface area contributed by atoms with Crippen molar-refractivity contribution in [3.05, 3.63) is 11.6 Å². The van der Waals surface area contributed by atoms with E-state index in [4.69, 9.17) is 9.47 Å². The van der Waals surface area contributed by atoms with E-state index >= 15 is 0 Å². The molecule has 2 aliphatic carbocycles. The lowest BCUT2D eigenvalue weighted by Gasteiger charge is -2.55. The van der Waals surface area contributed by atoms with Crippen LogP contribution in [0, 0.1) is 5.41 Å². The third-order valence-corrected chi connectivity index (χ3v) is 6.30. The van der Waals surface area contributed by atoms with Gasteiger partial charge in [0.25, 0.3) is 0 Å². The Bertz CT molecular complexity index is 567. The van der Waals surface area contributed by atoms with E-state index in [2.05, 4.69) is 27.0 Å². The maximum absolute atomic E-state index is 6.04. The minimum atomic E-state index is 0.403. The van der Waals surface area contributed by atoms with Crippen LogP contribution in [-0.2, 0) is 29.0 Å². The summed E-state index contributed by atoms with van der Waals surface area (Å²) in [5.74, 6) is 1.91. The molecule has 1 N–H and O–H groups in total. The number of nitrogens with one attached hydrogen (secondary N) is 1. The van der Waals surface area contributed by atoms with Gasteiger partial charge < -0.3 is 14.8 Å². The monoisotopic (exact) mass is 334 g/mol. The van der Waals surface area contributed by atoms with E-state index < -0.39 is 0 Å². The van der Waals surface area contributed by atoms with Crippen molar-refractivity contribution >= 4 is 0 Å². The van der Waals surface area contributed by atoms with Crippen LogP contribution in [0.15, 0.2) is 0 Å². The van der Waals surface area contributed by atoms with Crippen LogP contribution in [0.5, 0.6) is 0 Å². The van der Waals surface area contributed by atoms with Gasteiger partial charge in [0.15, 0.2) is 5.82 Å². The molecule has 134 valence electrons. The first-order valence-electron chi connectivity index (χ1n) is 9.54. The van der Waals surface area contributed by atoms with Gasteiger partial charge in [-0.1, -0.05) is 12.8 Å². The summed E-state index contributed by atoms with van der Waals surface area (Å²) in [5.41, 5.74) is 0.403. The van der Waals surface area contributed by atoms with E-state index in [0.29, 0.717) is 30.2 Å². The van der Waals surface area contributed by atoms with Crippen molar-refractivity contribution < 1.29 is 9.47 Å². The Hall–Kier alpha value is -0.980. The van der Waals surface area contributed by atoms with Gasteiger partial charge in [0, 0.05) is 37.6 Å². The van der Waals surface area contributed by atoms with Gasteiger partial charge in [-0.15, -0.1) is 0 Å².